The highest BCUT2D eigenvalue weighted by atomic mass is 16.5. The van der Waals surface area contributed by atoms with E-state index >= 15 is 0 Å². The molecule has 1 aliphatic heterocycles. The van der Waals surface area contributed by atoms with Crippen LogP contribution in [0.2, 0.25) is 0 Å². The molecule has 0 saturated carbocycles. The topological polar surface area (TPSA) is 86.2 Å². The van der Waals surface area contributed by atoms with Gasteiger partial charge in [-0.15, -0.1) is 0 Å². The van der Waals surface area contributed by atoms with Crippen molar-refractivity contribution in [2.24, 2.45) is 0 Å². The summed E-state index contributed by atoms with van der Waals surface area (Å²) >= 11 is 0. The zero-order chi connectivity index (χ0) is 13.8. The molecule has 2 heterocycles. The van der Waals surface area contributed by atoms with Crippen LogP contribution in [0.4, 0.5) is 5.82 Å². The van der Waals surface area contributed by atoms with Crippen molar-refractivity contribution in [1.29, 1.82) is 5.26 Å². The summed E-state index contributed by atoms with van der Waals surface area (Å²) in [5.74, 6) is -0.203. The van der Waals surface area contributed by atoms with Gasteiger partial charge in [0.15, 0.2) is 0 Å². The number of anilines is 1. The number of esters is 1. The van der Waals surface area contributed by atoms with Gasteiger partial charge < -0.3 is 14.6 Å². The van der Waals surface area contributed by atoms with Crippen molar-refractivity contribution in [1.82, 2.24) is 4.98 Å². The number of nitrogens with zero attached hydrogens (tertiary/aromatic N) is 2. The highest BCUT2D eigenvalue weighted by Crippen LogP contribution is 2.21. The number of rotatable bonds is 3. The first-order valence-electron chi connectivity index (χ1n) is 6.27. The van der Waals surface area contributed by atoms with Gasteiger partial charge in [-0.2, -0.15) is 5.26 Å². The fourth-order valence-corrected chi connectivity index (χ4v) is 2.16. The minimum atomic E-state index is -0.701. The highest BCUT2D eigenvalue weighted by molar-refractivity contribution is 5.89. The summed E-state index contributed by atoms with van der Waals surface area (Å²) in [7, 11) is 0. The van der Waals surface area contributed by atoms with E-state index in [1.54, 1.807) is 6.92 Å². The maximum atomic E-state index is 11.9. The average molecular weight is 261 g/mol. The fourth-order valence-electron chi connectivity index (χ4n) is 2.16. The van der Waals surface area contributed by atoms with Crippen molar-refractivity contribution in [3.63, 3.8) is 0 Å². The van der Waals surface area contributed by atoms with Crippen molar-refractivity contribution in [3.05, 3.63) is 27.5 Å². The molecule has 0 unspecified atom stereocenters. The summed E-state index contributed by atoms with van der Waals surface area (Å²) in [5.41, 5.74) is -0.342. The molecule has 1 aliphatic rings. The summed E-state index contributed by atoms with van der Waals surface area (Å²) in [4.78, 5) is 28.1. The second kappa shape index (κ2) is 5.57. The van der Waals surface area contributed by atoms with Gasteiger partial charge in [-0.3, -0.25) is 4.79 Å². The molecular weight excluding hydrogens is 246 g/mol. The van der Waals surface area contributed by atoms with Crippen LogP contribution in [0.5, 0.6) is 0 Å². The Hall–Kier alpha value is -2.29. The van der Waals surface area contributed by atoms with E-state index in [0.29, 0.717) is 11.4 Å². The van der Waals surface area contributed by atoms with Crippen LogP contribution in [-0.4, -0.2) is 30.6 Å². The third-order valence-electron chi connectivity index (χ3n) is 3.06. The lowest BCUT2D eigenvalue weighted by atomic mass is 10.2. The summed E-state index contributed by atoms with van der Waals surface area (Å²) in [6.45, 7) is 3.47. The summed E-state index contributed by atoms with van der Waals surface area (Å²) in [6.07, 6.45) is 2.07. The molecule has 100 valence electrons. The molecule has 0 bridgehead atoms. The molecule has 0 aromatic carbocycles. The number of pyridine rings is 1. The minimum Gasteiger partial charge on any atom is -0.462 e. The molecule has 6 nitrogen and oxygen atoms in total. The monoisotopic (exact) mass is 261 g/mol. The Morgan fingerprint density at radius 3 is 2.79 bits per heavy atom. The molecule has 1 saturated heterocycles. The van der Waals surface area contributed by atoms with Crippen LogP contribution in [0.1, 0.15) is 35.7 Å². The summed E-state index contributed by atoms with van der Waals surface area (Å²) in [5, 5.41) is 9.15. The molecule has 0 radical (unpaired) electrons. The zero-order valence-electron chi connectivity index (χ0n) is 10.7. The van der Waals surface area contributed by atoms with Crippen LogP contribution in [0.25, 0.3) is 0 Å². The Morgan fingerprint density at radius 1 is 1.53 bits per heavy atom. The van der Waals surface area contributed by atoms with Crippen LogP contribution >= 0.6 is 0 Å². The molecule has 1 aromatic rings. The number of ether oxygens (including phenoxy) is 1. The molecule has 1 aromatic heterocycles. The fraction of sp³-hybridized carbons (Fsp3) is 0.462. The number of carbonyl (C=O) groups is 1. The number of hydrogen-bond donors (Lipinski definition) is 1. The van der Waals surface area contributed by atoms with Crippen molar-refractivity contribution >= 4 is 11.8 Å². The highest BCUT2D eigenvalue weighted by Gasteiger charge is 2.21. The Labute approximate surface area is 110 Å². The third-order valence-corrected chi connectivity index (χ3v) is 3.06. The van der Waals surface area contributed by atoms with E-state index < -0.39 is 11.5 Å². The van der Waals surface area contributed by atoms with E-state index in [4.69, 9.17) is 10.00 Å². The van der Waals surface area contributed by atoms with Crippen LogP contribution in [-0.2, 0) is 4.74 Å². The zero-order valence-corrected chi connectivity index (χ0v) is 10.7. The van der Waals surface area contributed by atoms with E-state index in [9.17, 15) is 9.59 Å². The number of hydrogen-bond acceptors (Lipinski definition) is 5. The lowest BCUT2D eigenvalue weighted by Crippen LogP contribution is -2.27. The SMILES string of the molecule is CCOC(=O)c1cc(C#N)c(N2CCCC2)[nH]c1=O. The van der Waals surface area contributed by atoms with Crippen molar-refractivity contribution in [3.8, 4) is 6.07 Å². The first-order chi connectivity index (χ1) is 9.17. The standard InChI is InChI=1S/C13H15N3O3/c1-2-19-13(18)10-7-9(8-14)11(15-12(10)17)16-5-3-4-6-16/h7H,2-6H2,1H3,(H,15,17). The average Bonchev–Trinajstić information content (AvgIpc) is 2.92. The minimum absolute atomic E-state index is 0.124. The predicted octanol–water partition coefficient (Wildman–Crippen LogP) is 1.02. The van der Waals surface area contributed by atoms with Gasteiger partial charge in [0.25, 0.3) is 5.56 Å². The van der Waals surface area contributed by atoms with Gasteiger partial charge >= 0.3 is 5.97 Å². The van der Waals surface area contributed by atoms with Crippen molar-refractivity contribution in [2.75, 3.05) is 24.6 Å². The number of nitrogens with one attached hydrogen (secondary N) is 1. The molecule has 1 fully saturated rings. The molecule has 1 N–H and O–H groups in total. The molecule has 0 atom stereocenters. The van der Waals surface area contributed by atoms with Crippen molar-refractivity contribution < 1.29 is 9.53 Å². The van der Waals surface area contributed by atoms with E-state index in [0.717, 1.165) is 25.9 Å². The van der Waals surface area contributed by atoms with Gasteiger partial charge in [0, 0.05) is 13.1 Å². The van der Waals surface area contributed by atoms with Crippen LogP contribution in [0, 0.1) is 11.3 Å². The van der Waals surface area contributed by atoms with E-state index in [1.165, 1.54) is 6.07 Å². The second-order valence-electron chi connectivity index (χ2n) is 4.30. The first-order valence-corrected chi connectivity index (χ1v) is 6.27. The molecule has 0 amide bonds. The van der Waals surface area contributed by atoms with E-state index in [1.807, 2.05) is 11.0 Å². The number of carbonyl (C=O) groups excluding carboxylic acids is 1. The molecular formula is C13H15N3O3. The molecule has 0 aliphatic carbocycles. The van der Waals surface area contributed by atoms with Crippen LogP contribution in [0.15, 0.2) is 10.9 Å². The van der Waals surface area contributed by atoms with Crippen LogP contribution in [0.3, 0.4) is 0 Å². The maximum Gasteiger partial charge on any atom is 0.343 e. The molecule has 0 spiro atoms. The lowest BCUT2D eigenvalue weighted by molar-refractivity contribution is 0.0524. The summed E-state index contributed by atoms with van der Waals surface area (Å²) in [6, 6.07) is 3.33. The maximum absolute atomic E-state index is 11.9. The Balaban J connectivity index is 2.43. The Bertz CT molecular complexity index is 580. The molecule has 6 heteroatoms. The normalized spacial score (nSPS) is 14.2. The van der Waals surface area contributed by atoms with E-state index in [-0.39, 0.29) is 12.2 Å². The summed E-state index contributed by atoms with van der Waals surface area (Å²) < 4.78 is 4.79. The van der Waals surface area contributed by atoms with Gasteiger partial charge in [0.2, 0.25) is 0 Å². The van der Waals surface area contributed by atoms with Crippen LogP contribution < -0.4 is 10.5 Å². The number of nitriles is 1. The quantitative estimate of drug-likeness (QED) is 0.821. The Kier molecular flexibility index (Phi) is 3.85. The number of aromatic amines is 1. The third kappa shape index (κ3) is 2.60. The van der Waals surface area contributed by atoms with Gasteiger partial charge in [0.1, 0.15) is 17.5 Å². The predicted molar refractivity (Wildman–Crippen MR) is 69.2 cm³/mol. The van der Waals surface area contributed by atoms with Gasteiger partial charge in [-0.25, -0.2) is 4.79 Å². The molecule has 2 rings (SSSR count). The first kappa shape index (κ1) is 13.1. The van der Waals surface area contributed by atoms with E-state index in [2.05, 4.69) is 4.98 Å². The second-order valence-corrected chi connectivity index (χ2v) is 4.30. The van der Waals surface area contributed by atoms with Gasteiger partial charge in [0.05, 0.1) is 12.2 Å². The largest absolute Gasteiger partial charge is 0.462 e. The van der Waals surface area contributed by atoms with Gasteiger partial charge in [-0.1, -0.05) is 0 Å². The Morgan fingerprint density at radius 2 is 2.21 bits per heavy atom. The lowest BCUT2D eigenvalue weighted by Gasteiger charge is -2.18. The molecule has 19 heavy (non-hydrogen) atoms. The smallest absolute Gasteiger partial charge is 0.343 e. The van der Waals surface area contributed by atoms with Crippen molar-refractivity contribution in [2.45, 2.75) is 19.8 Å². The number of H-pyrrole nitrogens is 1. The number of aromatic nitrogens is 1. The van der Waals surface area contributed by atoms with Gasteiger partial charge in [-0.05, 0) is 25.8 Å².